The molecule has 5 rings (SSSR count). The number of ketones is 2. The van der Waals surface area contributed by atoms with Crippen LogP contribution >= 0.6 is 11.3 Å². The third kappa shape index (κ3) is 3.79. The molecule has 1 heterocycles. The van der Waals surface area contributed by atoms with Crippen molar-refractivity contribution in [2.45, 2.75) is 25.8 Å². The summed E-state index contributed by atoms with van der Waals surface area (Å²) in [4.78, 5) is 45.9. The van der Waals surface area contributed by atoms with Gasteiger partial charge in [0.15, 0.2) is 11.6 Å². The van der Waals surface area contributed by atoms with Gasteiger partial charge in [0.2, 0.25) is 0 Å². The number of aromatic hydroxyl groups is 1. The maximum Gasteiger partial charge on any atom is 0.255 e. The molecule has 1 aromatic carbocycles. The van der Waals surface area contributed by atoms with Crippen molar-refractivity contribution in [3.63, 3.8) is 0 Å². The van der Waals surface area contributed by atoms with Gasteiger partial charge in [0.05, 0.1) is 28.7 Å². The molecule has 0 fully saturated rings. The quantitative estimate of drug-likeness (QED) is 0.448. The third-order valence-electron chi connectivity index (χ3n) is 7.68. The maximum absolute atomic E-state index is 13.7. The van der Waals surface area contributed by atoms with E-state index >= 15 is 0 Å². The number of thiazole rings is 1. The van der Waals surface area contributed by atoms with Crippen LogP contribution in [0.25, 0.3) is 12.2 Å². The molecule has 1 amide bonds. The lowest BCUT2D eigenvalue weighted by Gasteiger charge is -2.46. The van der Waals surface area contributed by atoms with Crippen LogP contribution in [0.2, 0.25) is 0 Å². The highest BCUT2D eigenvalue weighted by atomic mass is 32.1. The van der Waals surface area contributed by atoms with Crippen LogP contribution < -0.4 is 5.73 Å². The molecule has 0 spiro atoms. The Labute approximate surface area is 217 Å². The molecule has 4 atom stereocenters. The fraction of sp³-hybridized carbons (Fsp3) is 0.333. The lowest BCUT2D eigenvalue weighted by Crippen LogP contribution is -2.53. The zero-order chi connectivity index (χ0) is 26.8. The van der Waals surface area contributed by atoms with Crippen molar-refractivity contribution in [2.75, 3.05) is 14.1 Å². The average molecular weight is 522 g/mol. The minimum Gasteiger partial charge on any atom is -0.511 e. The molecule has 0 saturated heterocycles. The second-order valence-electron chi connectivity index (χ2n) is 9.97. The first-order valence-electron chi connectivity index (χ1n) is 11.9. The fourth-order valence-corrected chi connectivity index (χ4v) is 6.78. The Morgan fingerprint density at radius 1 is 1.16 bits per heavy atom. The number of carbonyl (C=O) groups is 3. The normalized spacial score (nSPS) is 25.5. The van der Waals surface area contributed by atoms with Gasteiger partial charge in [-0.1, -0.05) is 12.1 Å². The van der Waals surface area contributed by atoms with E-state index in [0.29, 0.717) is 18.4 Å². The van der Waals surface area contributed by atoms with E-state index < -0.39 is 58.4 Å². The standard InChI is InChI=1S/C27H27N3O6S/c1-11-17(37-10-29-11)7-5-12-4-6-16(31)19-14(12)8-13-9-15-20(24(33)18(13)23(19)32)25(34)21(27(28)36)26(35)22(15)30(2)3/h4-7,10,13,15,20,22,31,33,35H,8-9H2,1-3H3,(H2,28,36)/b7-5+/t13?,15?,20?,22-/m0/s1. The number of carbonyl (C=O) groups excluding carboxylic acids is 3. The number of allylic oxidation sites excluding steroid dienone is 2. The van der Waals surface area contributed by atoms with Gasteiger partial charge in [-0.2, -0.15) is 0 Å². The first kappa shape index (κ1) is 24.9. The van der Waals surface area contributed by atoms with Crippen molar-refractivity contribution in [3.8, 4) is 5.75 Å². The van der Waals surface area contributed by atoms with Crippen LogP contribution in [0.3, 0.4) is 0 Å². The predicted octanol–water partition coefficient (Wildman–Crippen LogP) is 2.94. The molecular formula is C27H27N3O6S. The summed E-state index contributed by atoms with van der Waals surface area (Å²) in [5, 5.41) is 32.8. The number of nitrogens with two attached hydrogens (primary N) is 1. The maximum atomic E-state index is 13.7. The Morgan fingerprint density at radius 3 is 2.51 bits per heavy atom. The number of aliphatic hydroxyl groups excluding tert-OH is 2. The Kier molecular flexibility index (Phi) is 6.04. The minimum absolute atomic E-state index is 0.0690. The number of primary amides is 1. The molecule has 0 radical (unpaired) electrons. The van der Waals surface area contributed by atoms with E-state index in [1.165, 1.54) is 17.4 Å². The highest BCUT2D eigenvalue weighted by molar-refractivity contribution is 7.10. The molecule has 0 aliphatic heterocycles. The van der Waals surface area contributed by atoms with Crippen molar-refractivity contribution in [3.05, 3.63) is 67.6 Å². The van der Waals surface area contributed by atoms with Crippen molar-refractivity contribution in [2.24, 2.45) is 23.5 Å². The molecule has 3 unspecified atom stereocenters. The van der Waals surface area contributed by atoms with Gasteiger partial charge in [-0.15, -0.1) is 11.3 Å². The van der Waals surface area contributed by atoms with Crippen molar-refractivity contribution in [1.82, 2.24) is 9.88 Å². The second-order valence-corrected chi connectivity index (χ2v) is 10.9. The Balaban J connectivity index is 1.63. The van der Waals surface area contributed by atoms with Crippen molar-refractivity contribution < 1.29 is 29.7 Å². The Bertz CT molecular complexity index is 1450. The monoisotopic (exact) mass is 521 g/mol. The fourth-order valence-electron chi connectivity index (χ4n) is 6.08. The number of aliphatic hydroxyl groups is 2. The number of hydrogen-bond acceptors (Lipinski definition) is 9. The van der Waals surface area contributed by atoms with Crippen LogP contribution in [0, 0.1) is 24.7 Å². The highest BCUT2D eigenvalue weighted by Gasteiger charge is 2.54. The molecule has 0 saturated carbocycles. The van der Waals surface area contributed by atoms with E-state index in [1.54, 1.807) is 30.6 Å². The van der Waals surface area contributed by atoms with Crippen LogP contribution in [0.1, 0.15) is 38.5 Å². The Hall–Kier alpha value is -3.76. The number of fused-ring (bicyclic) bond motifs is 3. The first-order valence-corrected chi connectivity index (χ1v) is 12.7. The summed E-state index contributed by atoms with van der Waals surface area (Å²) < 4.78 is 0. The molecule has 10 heteroatoms. The van der Waals surface area contributed by atoms with Crippen LogP contribution in [0.15, 0.2) is 40.3 Å². The summed E-state index contributed by atoms with van der Waals surface area (Å²) in [6, 6.07) is 2.44. The van der Waals surface area contributed by atoms with Gasteiger partial charge in [0.1, 0.15) is 22.8 Å². The summed E-state index contributed by atoms with van der Waals surface area (Å²) in [5.74, 6) is -5.68. The highest BCUT2D eigenvalue weighted by Crippen LogP contribution is 2.50. The zero-order valence-electron chi connectivity index (χ0n) is 20.6. The predicted molar refractivity (Wildman–Crippen MR) is 138 cm³/mol. The molecule has 5 N–H and O–H groups in total. The van der Waals surface area contributed by atoms with E-state index in [9.17, 15) is 29.7 Å². The molecule has 2 aromatic rings. The number of benzene rings is 1. The van der Waals surface area contributed by atoms with Gasteiger partial charge in [-0.05, 0) is 69.0 Å². The number of hydrogen-bond donors (Lipinski definition) is 4. The minimum atomic E-state index is -1.19. The van der Waals surface area contributed by atoms with Gasteiger partial charge >= 0.3 is 0 Å². The van der Waals surface area contributed by atoms with Crippen LogP contribution in [-0.2, 0) is 16.0 Å². The number of Topliss-reactive ketones (excluding diaryl/α,β-unsaturated/α-hetero) is 2. The molecule has 3 aliphatic carbocycles. The average Bonchev–Trinajstić information content (AvgIpc) is 3.22. The lowest BCUT2D eigenvalue weighted by molar-refractivity contribution is -0.127. The molecule has 0 bridgehead atoms. The molecule has 9 nitrogen and oxygen atoms in total. The number of amides is 1. The largest absolute Gasteiger partial charge is 0.511 e. The smallest absolute Gasteiger partial charge is 0.255 e. The van der Waals surface area contributed by atoms with Crippen LogP contribution in [0.4, 0.5) is 0 Å². The Morgan fingerprint density at radius 2 is 1.89 bits per heavy atom. The van der Waals surface area contributed by atoms with Crippen molar-refractivity contribution >= 4 is 41.0 Å². The van der Waals surface area contributed by atoms with E-state index in [2.05, 4.69) is 4.98 Å². The van der Waals surface area contributed by atoms with E-state index in [1.807, 2.05) is 19.1 Å². The number of aromatic nitrogens is 1. The number of aryl methyl sites for hydroxylation is 1. The topological polar surface area (TPSA) is 154 Å². The zero-order valence-corrected chi connectivity index (χ0v) is 21.4. The van der Waals surface area contributed by atoms with Gasteiger partial charge in [0.25, 0.3) is 5.91 Å². The number of rotatable bonds is 4. The summed E-state index contributed by atoms with van der Waals surface area (Å²) in [7, 11) is 3.40. The molecule has 192 valence electrons. The molecule has 3 aliphatic rings. The number of nitrogens with zero attached hydrogens (tertiary/aromatic N) is 2. The van der Waals surface area contributed by atoms with Crippen LogP contribution in [0.5, 0.6) is 5.75 Å². The molecular weight excluding hydrogens is 494 g/mol. The number of phenols is 1. The molecule has 1 aromatic heterocycles. The van der Waals surface area contributed by atoms with Crippen LogP contribution in [-0.4, -0.2) is 62.8 Å². The van der Waals surface area contributed by atoms with Gasteiger partial charge in [-0.3, -0.25) is 19.3 Å². The summed E-state index contributed by atoms with van der Waals surface area (Å²) >= 11 is 1.49. The van der Waals surface area contributed by atoms with Gasteiger partial charge in [0, 0.05) is 10.5 Å². The van der Waals surface area contributed by atoms with E-state index in [0.717, 1.165) is 16.1 Å². The van der Waals surface area contributed by atoms with Gasteiger partial charge < -0.3 is 21.1 Å². The molecule has 37 heavy (non-hydrogen) atoms. The summed E-state index contributed by atoms with van der Waals surface area (Å²) in [5.41, 5.74) is 9.08. The second kappa shape index (κ2) is 8.97. The van der Waals surface area contributed by atoms with E-state index in [4.69, 9.17) is 5.73 Å². The van der Waals surface area contributed by atoms with Gasteiger partial charge in [-0.25, -0.2) is 4.98 Å². The number of phenolic OH excluding ortho intramolecular Hbond substituents is 1. The van der Waals surface area contributed by atoms with Crippen molar-refractivity contribution in [1.29, 1.82) is 0 Å². The lowest BCUT2D eigenvalue weighted by atomic mass is 9.60. The first-order chi connectivity index (χ1) is 17.5. The third-order valence-corrected chi connectivity index (χ3v) is 8.58. The number of likely N-dealkylation sites (N-methyl/N-ethyl adjacent to an activating group) is 1. The van der Waals surface area contributed by atoms with E-state index in [-0.39, 0.29) is 16.9 Å². The summed E-state index contributed by atoms with van der Waals surface area (Å²) in [6.07, 6.45) is 4.46. The SMILES string of the molecule is Cc1ncsc1/C=C/c1ccc(O)c2c1CC1CC3C(C(=O)C(C(N)=O)=C(O)[C@H]3N(C)C)C(O)=C1C2=O. The summed E-state index contributed by atoms with van der Waals surface area (Å²) in [6.45, 7) is 1.91.